The lowest BCUT2D eigenvalue weighted by molar-refractivity contribution is 1.23. The van der Waals surface area contributed by atoms with Gasteiger partial charge < -0.3 is 0 Å². The van der Waals surface area contributed by atoms with Gasteiger partial charge in [0, 0.05) is 5.02 Å². The number of hydrogen-bond donors (Lipinski definition) is 0. The molecule has 0 aliphatic carbocycles. The van der Waals surface area contributed by atoms with Crippen LogP contribution < -0.4 is 0 Å². The van der Waals surface area contributed by atoms with Crippen molar-refractivity contribution in [3.05, 3.63) is 120 Å². The first kappa shape index (κ1) is 21.1. The third-order valence-electron chi connectivity index (χ3n) is 5.87. The van der Waals surface area contributed by atoms with E-state index in [1.807, 2.05) is 60.7 Å². The predicted octanol–water partition coefficient (Wildman–Crippen LogP) is 10.6. The molecule has 0 amide bonds. The maximum absolute atomic E-state index is 6.03. The molecule has 0 spiro atoms. The van der Waals surface area contributed by atoms with Gasteiger partial charge in [0.2, 0.25) is 0 Å². The molecule has 0 fully saturated rings. The van der Waals surface area contributed by atoms with Gasteiger partial charge in [-0.15, -0.1) is 0 Å². The van der Waals surface area contributed by atoms with Crippen molar-refractivity contribution in [1.29, 1.82) is 0 Å². The molecule has 6 aromatic rings. The molecular formula is C30H19ClN4. The molecule has 0 atom stereocenters. The summed E-state index contributed by atoms with van der Waals surface area (Å²) < 4.78 is 0. The van der Waals surface area contributed by atoms with E-state index in [-0.39, 0.29) is 0 Å². The summed E-state index contributed by atoms with van der Waals surface area (Å²) in [6.45, 7) is 0. The van der Waals surface area contributed by atoms with Crippen LogP contribution in [0.4, 0.5) is 22.7 Å². The Balaban J connectivity index is 1.27. The number of hydrogen-bond acceptors (Lipinski definition) is 4. The van der Waals surface area contributed by atoms with E-state index >= 15 is 0 Å². The Labute approximate surface area is 207 Å². The van der Waals surface area contributed by atoms with Gasteiger partial charge in [0.15, 0.2) is 0 Å². The van der Waals surface area contributed by atoms with Crippen molar-refractivity contribution in [2.75, 3.05) is 0 Å². The monoisotopic (exact) mass is 470 g/mol. The highest BCUT2D eigenvalue weighted by Crippen LogP contribution is 2.30. The lowest BCUT2D eigenvalue weighted by Gasteiger charge is -2.03. The van der Waals surface area contributed by atoms with E-state index < -0.39 is 0 Å². The van der Waals surface area contributed by atoms with E-state index in [2.05, 4.69) is 69.0 Å². The first-order valence-electron chi connectivity index (χ1n) is 11.3. The highest BCUT2D eigenvalue weighted by atomic mass is 35.5. The fraction of sp³-hybridized carbons (Fsp3) is 0. The standard InChI is InChI=1S/C30H19ClN4/c31-26-6-3-7-27(19-26)32-33-28-11-8-20-9-12-29(18-25(20)17-28)34-35-30-13-10-23-14-21-4-1-2-5-22(21)15-24(23)16-30/h1-19H. The largest absolute Gasteiger partial charge is 0.151 e. The minimum Gasteiger partial charge on any atom is -0.151 e. The summed E-state index contributed by atoms with van der Waals surface area (Å²) in [5.41, 5.74) is 3.06. The van der Waals surface area contributed by atoms with Crippen LogP contribution >= 0.6 is 11.6 Å². The van der Waals surface area contributed by atoms with E-state index in [9.17, 15) is 0 Å². The molecule has 6 aromatic carbocycles. The number of nitrogens with zero attached hydrogens (tertiary/aromatic N) is 4. The summed E-state index contributed by atoms with van der Waals surface area (Å²) in [7, 11) is 0. The molecule has 4 nitrogen and oxygen atoms in total. The van der Waals surface area contributed by atoms with Crippen LogP contribution in [-0.2, 0) is 0 Å². The van der Waals surface area contributed by atoms with Crippen molar-refractivity contribution in [2.24, 2.45) is 20.5 Å². The van der Waals surface area contributed by atoms with Crippen molar-refractivity contribution < 1.29 is 0 Å². The van der Waals surface area contributed by atoms with Crippen LogP contribution in [0.15, 0.2) is 136 Å². The number of rotatable bonds is 4. The first-order chi connectivity index (χ1) is 17.2. The summed E-state index contributed by atoms with van der Waals surface area (Å²) in [4.78, 5) is 0. The third kappa shape index (κ3) is 4.65. The van der Waals surface area contributed by atoms with Gasteiger partial charge in [-0.25, -0.2) is 0 Å². The summed E-state index contributed by atoms with van der Waals surface area (Å²) in [6.07, 6.45) is 0. The second kappa shape index (κ2) is 9.09. The summed E-state index contributed by atoms with van der Waals surface area (Å²) >= 11 is 6.03. The molecule has 0 bridgehead atoms. The van der Waals surface area contributed by atoms with Gasteiger partial charge in [-0.1, -0.05) is 60.1 Å². The van der Waals surface area contributed by atoms with Gasteiger partial charge >= 0.3 is 0 Å². The van der Waals surface area contributed by atoms with E-state index in [4.69, 9.17) is 11.6 Å². The Kier molecular flexibility index (Phi) is 5.49. The van der Waals surface area contributed by atoms with Crippen molar-refractivity contribution in [2.45, 2.75) is 0 Å². The average Bonchev–Trinajstić information content (AvgIpc) is 2.89. The minimum atomic E-state index is 0.634. The Hall–Kier alpha value is -4.41. The molecule has 0 aliphatic heterocycles. The van der Waals surface area contributed by atoms with Gasteiger partial charge in [0.25, 0.3) is 0 Å². The van der Waals surface area contributed by atoms with E-state index in [0.29, 0.717) is 10.7 Å². The molecular weight excluding hydrogens is 452 g/mol. The molecule has 0 N–H and O–H groups in total. The first-order valence-corrected chi connectivity index (χ1v) is 11.6. The second-order valence-corrected chi connectivity index (χ2v) is 8.76. The highest BCUT2D eigenvalue weighted by Gasteiger charge is 2.01. The molecule has 0 saturated heterocycles. The topological polar surface area (TPSA) is 49.4 Å². The summed E-state index contributed by atoms with van der Waals surface area (Å²) in [5.74, 6) is 0. The zero-order valence-corrected chi connectivity index (χ0v) is 19.4. The third-order valence-corrected chi connectivity index (χ3v) is 6.10. The molecule has 0 radical (unpaired) electrons. The van der Waals surface area contributed by atoms with Gasteiger partial charge in [-0.05, 0) is 99.0 Å². The quantitative estimate of drug-likeness (QED) is 0.182. The van der Waals surface area contributed by atoms with E-state index in [0.717, 1.165) is 33.2 Å². The summed E-state index contributed by atoms with van der Waals surface area (Å²) in [5, 5.41) is 25.2. The minimum absolute atomic E-state index is 0.634. The molecule has 0 unspecified atom stereocenters. The molecule has 35 heavy (non-hydrogen) atoms. The van der Waals surface area contributed by atoms with Crippen LogP contribution in [0.3, 0.4) is 0 Å². The number of benzene rings is 6. The zero-order chi connectivity index (χ0) is 23.6. The normalized spacial score (nSPS) is 11.9. The number of fused-ring (bicyclic) bond motifs is 3. The predicted molar refractivity (Wildman–Crippen MR) is 145 cm³/mol. The fourth-order valence-corrected chi connectivity index (χ4v) is 4.29. The Bertz CT molecular complexity index is 1770. The lowest BCUT2D eigenvalue weighted by Crippen LogP contribution is -1.76. The van der Waals surface area contributed by atoms with Gasteiger partial charge in [-0.3, -0.25) is 0 Å². The van der Waals surface area contributed by atoms with Gasteiger partial charge in [-0.2, -0.15) is 20.5 Å². The van der Waals surface area contributed by atoms with Gasteiger partial charge in [0.05, 0.1) is 22.7 Å². The number of halogens is 1. The molecule has 166 valence electrons. The van der Waals surface area contributed by atoms with Crippen LogP contribution in [0.5, 0.6) is 0 Å². The Morgan fingerprint density at radius 2 is 0.800 bits per heavy atom. The Morgan fingerprint density at radius 3 is 1.37 bits per heavy atom. The van der Waals surface area contributed by atoms with Crippen molar-refractivity contribution in [3.63, 3.8) is 0 Å². The van der Waals surface area contributed by atoms with Crippen molar-refractivity contribution in [1.82, 2.24) is 0 Å². The van der Waals surface area contributed by atoms with Crippen molar-refractivity contribution >= 4 is 66.7 Å². The molecule has 0 heterocycles. The molecule has 0 aromatic heterocycles. The van der Waals surface area contributed by atoms with Crippen LogP contribution in [0.1, 0.15) is 0 Å². The van der Waals surface area contributed by atoms with E-state index in [1.165, 1.54) is 16.2 Å². The van der Waals surface area contributed by atoms with Crippen LogP contribution in [0.2, 0.25) is 5.02 Å². The molecule has 0 saturated carbocycles. The number of azo groups is 2. The van der Waals surface area contributed by atoms with E-state index in [1.54, 1.807) is 6.07 Å². The molecule has 5 heteroatoms. The fourth-order valence-electron chi connectivity index (χ4n) is 4.10. The smallest absolute Gasteiger partial charge is 0.0871 e. The average molecular weight is 471 g/mol. The van der Waals surface area contributed by atoms with Crippen LogP contribution in [0, 0.1) is 0 Å². The van der Waals surface area contributed by atoms with Crippen LogP contribution in [0.25, 0.3) is 32.3 Å². The lowest BCUT2D eigenvalue weighted by atomic mass is 10.0. The zero-order valence-electron chi connectivity index (χ0n) is 18.6. The summed E-state index contributed by atoms with van der Waals surface area (Å²) in [6, 6.07) is 38.2. The van der Waals surface area contributed by atoms with Crippen LogP contribution in [-0.4, -0.2) is 0 Å². The molecule has 6 rings (SSSR count). The highest BCUT2D eigenvalue weighted by molar-refractivity contribution is 6.30. The van der Waals surface area contributed by atoms with Crippen molar-refractivity contribution in [3.8, 4) is 0 Å². The maximum Gasteiger partial charge on any atom is 0.0871 e. The second-order valence-electron chi connectivity index (χ2n) is 8.33. The van der Waals surface area contributed by atoms with Gasteiger partial charge in [0.1, 0.15) is 0 Å². The SMILES string of the molecule is Clc1cccc(N=Nc2ccc3ccc(N=Nc4ccc5cc6ccccc6cc5c4)cc3c2)c1. The molecule has 0 aliphatic rings. The Morgan fingerprint density at radius 1 is 0.343 bits per heavy atom. The maximum atomic E-state index is 6.03.